The van der Waals surface area contributed by atoms with E-state index in [1.165, 1.54) is 0 Å². The molecular weight excluding hydrogens is 568 g/mol. The van der Waals surface area contributed by atoms with Gasteiger partial charge in [0, 0.05) is 6.42 Å². The molecule has 0 aromatic heterocycles. The van der Waals surface area contributed by atoms with Crippen molar-refractivity contribution in [2.75, 3.05) is 19.8 Å². The molecule has 12 atom stereocenters. The lowest BCUT2D eigenvalue weighted by atomic mass is 9.89. The number of carbonyl (C=O) groups excluding carboxylic acids is 3. The third kappa shape index (κ3) is 8.53. The molecule has 4 saturated carbocycles. The summed E-state index contributed by atoms with van der Waals surface area (Å²) in [6, 6.07) is 0. The molecule has 8 fully saturated rings. The van der Waals surface area contributed by atoms with Gasteiger partial charge < -0.3 is 33.2 Å². The van der Waals surface area contributed by atoms with Crippen LogP contribution in [0, 0.1) is 23.7 Å². The molecule has 0 bridgehead atoms. The highest BCUT2D eigenvalue weighted by molar-refractivity contribution is 5.73. The standard InChI is InChI=1S/C20H30O6.C14H20O4/c21-19(24-12-13-5-7-15-17(10-13)25-15)4-2-1-3-9-23-20(22)14-6-8-16-18(11-14)26-16;15-14(9-2-4-11-13(6-9)18-11)16-7-8-1-3-10-12(5-8)17-10/h13-18H,1-12H2;8-13H,1-7H2. The second-order valence-electron chi connectivity index (χ2n) is 14.5. The topological polar surface area (TPSA) is 129 Å². The summed E-state index contributed by atoms with van der Waals surface area (Å²) in [7, 11) is 0. The van der Waals surface area contributed by atoms with Gasteiger partial charge in [0.25, 0.3) is 0 Å². The maximum atomic E-state index is 12.0. The van der Waals surface area contributed by atoms with E-state index >= 15 is 0 Å². The lowest BCUT2D eigenvalue weighted by molar-refractivity contribution is -0.151. The predicted octanol–water partition coefficient (Wildman–Crippen LogP) is 4.43. The second-order valence-corrected chi connectivity index (χ2v) is 14.5. The summed E-state index contributed by atoms with van der Waals surface area (Å²) < 4.78 is 38.2. The highest BCUT2D eigenvalue weighted by Crippen LogP contribution is 2.42. The number of esters is 3. The number of hydrogen-bond acceptors (Lipinski definition) is 10. The molecule has 4 aliphatic carbocycles. The first-order valence-electron chi connectivity index (χ1n) is 17.6. The minimum atomic E-state index is -0.109. The SMILES string of the molecule is O=C(CCCCCOC(=O)C1CCC2OC2C1)OCC1CCC2OC2C1.O=C(OCC1CCC2OC2C1)C1CCC2OC2C1. The fraction of sp³-hybridized carbons (Fsp3) is 0.912. The summed E-state index contributed by atoms with van der Waals surface area (Å²) in [4.78, 5) is 35.8. The molecule has 10 nitrogen and oxygen atoms in total. The number of hydrogen-bond donors (Lipinski definition) is 0. The minimum absolute atomic E-state index is 0.00258. The molecule has 44 heavy (non-hydrogen) atoms. The summed E-state index contributed by atoms with van der Waals surface area (Å²) in [5, 5.41) is 0. The number of epoxide rings is 4. The first kappa shape index (κ1) is 30.9. The van der Waals surface area contributed by atoms with E-state index in [1.807, 2.05) is 0 Å². The van der Waals surface area contributed by atoms with Crippen LogP contribution in [0.25, 0.3) is 0 Å². The molecule has 246 valence electrons. The average Bonchev–Trinajstić information content (AvgIpc) is 3.87. The Labute approximate surface area is 260 Å². The van der Waals surface area contributed by atoms with Crippen LogP contribution in [0.3, 0.4) is 0 Å². The van der Waals surface area contributed by atoms with Gasteiger partial charge in [-0.15, -0.1) is 0 Å². The van der Waals surface area contributed by atoms with Gasteiger partial charge in [0.05, 0.1) is 80.5 Å². The van der Waals surface area contributed by atoms with Crippen molar-refractivity contribution in [2.24, 2.45) is 23.7 Å². The Morgan fingerprint density at radius 1 is 0.477 bits per heavy atom. The molecule has 4 heterocycles. The van der Waals surface area contributed by atoms with Gasteiger partial charge in [-0.2, -0.15) is 0 Å². The Bertz CT molecular complexity index is 1030. The van der Waals surface area contributed by atoms with Crippen molar-refractivity contribution in [3.63, 3.8) is 0 Å². The predicted molar refractivity (Wildman–Crippen MR) is 155 cm³/mol. The van der Waals surface area contributed by atoms with E-state index in [1.54, 1.807) is 0 Å². The van der Waals surface area contributed by atoms with Gasteiger partial charge in [-0.3, -0.25) is 14.4 Å². The van der Waals surface area contributed by atoms with Crippen molar-refractivity contribution >= 4 is 17.9 Å². The van der Waals surface area contributed by atoms with Crippen LogP contribution in [0.2, 0.25) is 0 Å². The Balaban J connectivity index is 0.000000151. The van der Waals surface area contributed by atoms with Gasteiger partial charge >= 0.3 is 17.9 Å². The third-order valence-electron chi connectivity index (χ3n) is 11.1. The van der Waals surface area contributed by atoms with Gasteiger partial charge in [-0.1, -0.05) is 0 Å². The van der Waals surface area contributed by atoms with Crippen LogP contribution in [0.5, 0.6) is 0 Å². The highest BCUT2D eigenvalue weighted by Gasteiger charge is 2.48. The average molecular weight is 619 g/mol. The molecule has 0 aromatic carbocycles. The molecule has 0 amide bonds. The van der Waals surface area contributed by atoms with Crippen molar-refractivity contribution < 1.29 is 47.5 Å². The molecule has 0 radical (unpaired) electrons. The van der Waals surface area contributed by atoms with Gasteiger partial charge in [-0.25, -0.2) is 0 Å². The van der Waals surface area contributed by atoms with E-state index in [0.717, 1.165) is 96.3 Å². The first-order valence-corrected chi connectivity index (χ1v) is 17.6. The Kier molecular flexibility index (Phi) is 9.78. The lowest BCUT2D eigenvalue weighted by Crippen LogP contribution is -2.27. The van der Waals surface area contributed by atoms with Crippen LogP contribution in [-0.2, 0) is 47.5 Å². The van der Waals surface area contributed by atoms with Gasteiger partial charge in [0.15, 0.2) is 0 Å². The molecule has 4 aliphatic heterocycles. The smallest absolute Gasteiger partial charge is 0.309 e. The summed E-state index contributed by atoms with van der Waals surface area (Å²) in [6.45, 7) is 1.58. The summed E-state index contributed by atoms with van der Waals surface area (Å²) >= 11 is 0. The van der Waals surface area contributed by atoms with Crippen LogP contribution in [0.1, 0.15) is 103 Å². The third-order valence-corrected chi connectivity index (χ3v) is 11.1. The van der Waals surface area contributed by atoms with E-state index in [2.05, 4.69) is 0 Å². The molecule has 4 saturated heterocycles. The highest BCUT2D eigenvalue weighted by atomic mass is 16.6. The largest absolute Gasteiger partial charge is 0.465 e. The van der Waals surface area contributed by atoms with Crippen molar-refractivity contribution in [2.45, 2.75) is 152 Å². The Morgan fingerprint density at radius 2 is 0.955 bits per heavy atom. The zero-order chi connectivity index (χ0) is 30.0. The van der Waals surface area contributed by atoms with Gasteiger partial charge in [-0.05, 0) is 108 Å². The zero-order valence-electron chi connectivity index (χ0n) is 25.9. The van der Waals surface area contributed by atoms with Crippen LogP contribution in [0.15, 0.2) is 0 Å². The molecule has 10 heteroatoms. The molecule has 8 rings (SSSR count). The monoisotopic (exact) mass is 618 g/mol. The molecule has 0 spiro atoms. The quantitative estimate of drug-likeness (QED) is 0.134. The van der Waals surface area contributed by atoms with Crippen molar-refractivity contribution in [1.82, 2.24) is 0 Å². The molecule has 12 unspecified atom stereocenters. The van der Waals surface area contributed by atoms with Crippen LogP contribution in [-0.4, -0.2) is 86.6 Å². The second kappa shape index (κ2) is 13.9. The number of fused-ring (bicyclic) bond motifs is 4. The van der Waals surface area contributed by atoms with Crippen LogP contribution in [0.4, 0.5) is 0 Å². The Morgan fingerprint density at radius 3 is 1.48 bits per heavy atom. The molecule has 0 N–H and O–H groups in total. The van der Waals surface area contributed by atoms with Gasteiger partial charge in [0.1, 0.15) is 0 Å². The number of carbonyl (C=O) groups is 3. The van der Waals surface area contributed by atoms with Gasteiger partial charge in [0.2, 0.25) is 0 Å². The maximum absolute atomic E-state index is 12.0. The molecule has 8 aliphatic rings. The van der Waals surface area contributed by atoms with E-state index < -0.39 is 0 Å². The number of unbranched alkanes of at least 4 members (excludes halogenated alkanes) is 2. The van der Waals surface area contributed by atoms with Crippen molar-refractivity contribution in [3.8, 4) is 0 Å². The number of ether oxygens (including phenoxy) is 7. The summed E-state index contributed by atoms with van der Waals surface area (Å²) in [5.74, 6) is 0.911. The first-order chi connectivity index (χ1) is 21.5. The van der Waals surface area contributed by atoms with Crippen molar-refractivity contribution in [3.05, 3.63) is 0 Å². The summed E-state index contributed by atoms with van der Waals surface area (Å²) in [6.07, 6.45) is 18.5. The minimum Gasteiger partial charge on any atom is -0.465 e. The fourth-order valence-electron chi connectivity index (χ4n) is 7.95. The van der Waals surface area contributed by atoms with Crippen molar-refractivity contribution in [1.29, 1.82) is 0 Å². The van der Waals surface area contributed by atoms with E-state index in [-0.39, 0.29) is 29.7 Å². The van der Waals surface area contributed by atoms with Crippen LogP contribution < -0.4 is 0 Å². The number of rotatable bonds is 12. The normalized spacial score (nSPS) is 42.0. The lowest BCUT2D eigenvalue weighted by Gasteiger charge is -2.21. The molecular formula is C34H50O10. The zero-order valence-corrected chi connectivity index (χ0v) is 25.9. The summed E-state index contributed by atoms with van der Waals surface area (Å²) in [5.41, 5.74) is 0. The maximum Gasteiger partial charge on any atom is 0.309 e. The van der Waals surface area contributed by atoms with E-state index in [9.17, 15) is 14.4 Å². The van der Waals surface area contributed by atoms with E-state index in [4.69, 9.17) is 33.2 Å². The Hall–Kier alpha value is -1.75. The molecule has 0 aromatic rings. The van der Waals surface area contributed by atoms with E-state index in [0.29, 0.717) is 86.9 Å². The fourth-order valence-corrected chi connectivity index (χ4v) is 7.95. The van der Waals surface area contributed by atoms with Crippen LogP contribution >= 0.6 is 0 Å².